The van der Waals surface area contributed by atoms with Crippen molar-refractivity contribution in [3.05, 3.63) is 89.0 Å². The highest BCUT2D eigenvalue weighted by Gasteiger charge is 2.50. The maximum atomic E-state index is 12.8. The van der Waals surface area contributed by atoms with Crippen molar-refractivity contribution in [3.63, 3.8) is 0 Å². The third kappa shape index (κ3) is 11.8. The summed E-state index contributed by atoms with van der Waals surface area (Å²) in [7, 11) is 10.9. The SMILES string of the molecule is C.C.C.COc1cccc2c1CCN1C(=O)C3CCCC(C21)N3C.COc1ccccc1COCCN1C(=O)C2CCCC(C1=O)N2C.COc1ccccc1COCCN1C(=O)C2CCCC(C1O)N2C. The molecule has 72 heavy (non-hydrogen) atoms. The van der Waals surface area contributed by atoms with E-state index in [4.69, 9.17) is 23.7 Å². The van der Waals surface area contributed by atoms with E-state index in [-0.39, 0.29) is 76.3 Å². The van der Waals surface area contributed by atoms with Gasteiger partial charge in [0.15, 0.2) is 0 Å². The van der Waals surface area contributed by atoms with Gasteiger partial charge in [-0.2, -0.15) is 0 Å². The van der Waals surface area contributed by atoms with Crippen molar-refractivity contribution in [3.8, 4) is 17.2 Å². The fourth-order valence-corrected chi connectivity index (χ4v) is 11.9. The van der Waals surface area contributed by atoms with Crippen molar-refractivity contribution in [2.45, 2.75) is 148 Å². The lowest BCUT2D eigenvalue weighted by Crippen LogP contribution is -2.67. The number of carbonyl (C=O) groups is 4. The summed E-state index contributed by atoms with van der Waals surface area (Å²) in [5, 5.41) is 10.5. The number of piperazine rings is 3. The van der Waals surface area contributed by atoms with Crippen LogP contribution in [0.25, 0.3) is 0 Å². The Morgan fingerprint density at radius 3 is 1.58 bits per heavy atom. The van der Waals surface area contributed by atoms with Gasteiger partial charge in [-0.3, -0.25) is 38.8 Å². The summed E-state index contributed by atoms with van der Waals surface area (Å²) in [5.74, 6) is 2.72. The highest BCUT2D eigenvalue weighted by Crippen LogP contribution is 2.45. The number of imide groups is 1. The molecule has 7 heterocycles. The van der Waals surface area contributed by atoms with Crippen LogP contribution < -0.4 is 14.2 Å². The Hall–Kier alpha value is -5.10. The van der Waals surface area contributed by atoms with Gasteiger partial charge in [0.25, 0.3) is 0 Å². The van der Waals surface area contributed by atoms with Crippen LogP contribution in [0.5, 0.6) is 17.2 Å². The third-order valence-corrected chi connectivity index (χ3v) is 15.7. The molecular formula is C56H84N6O10. The molecule has 6 fully saturated rings. The summed E-state index contributed by atoms with van der Waals surface area (Å²) in [6.45, 7) is 3.10. The number of amides is 4. The molecule has 6 saturated heterocycles. The maximum absolute atomic E-state index is 12.8. The number of piperidine rings is 3. The van der Waals surface area contributed by atoms with Crippen molar-refractivity contribution in [2.24, 2.45) is 0 Å². The number of likely N-dealkylation sites (tertiary alicyclic amines) is 2. The van der Waals surface area contributed by atoms with E-state index >= 15 is 0 Å². The van der Waals surface area contributed by atoms with Crippen molar-refractivity contribution in [2.75, 3.05) is 75.3 Å². The summed E-state index contributed by atoms with van der Waals surface area (Å²) in [6, 6.07) is 22.0. The van der Waals surface area contributed by atoms with E-state index < -0.39 is 6.23 Å². The molecule has 0 saturated carbocycles. The molecule has 10 rings (SSSR count). The van der Waals surface area contributed by atoms with Crippen LogP contribution in [0.1, 0.15) is 108 Å². The molecular weight excluding hydrogens is 917 g/mol. The molecule has 398 valence electrons. The summed E-state index contributed by atoms with van der Waals surface area (Å²) in [6.07, 6.45) is 8.93. The standard InChI is InChI=1S/C18H26N2O4.C18H24N2O4.C17H22N2O2.3CH4/c2*1-19-14-7-5-8-15(19)18(22)20(17(14)21)10-11-24-12-13-6-3-4-9-16(13)23-2;1-18-13-6-4-7-14(18)17(20)19-10-9-11-12(16(13)19)5-3-8-15(11)21-2;;;/h3-4,6,9,14-15,17,21H,5,7-8,10-12H2,1-2H3;3-4,6,9,14-15H,5,7-8,10-12H2,1-2H3;3,5,8,13-14,16H,4,6-7,9-10H2,1-2H3;3*1H4. The molecule has 16 heteroatoms. The predicted molar refractivity (Wildman–Crippen MR) is 279 cm³/mol. The maximum Gasteiger partial charge on any atom is 0.246 e. The van der Waals surface area contributed by atoms with Gasteiger partial charge in [-0.1, -0.05) is 70.8 Å². The van der Waals surface area contributed by atoms with Crippen LogP contribution in [0.2, 0.25) is 0 Å². The molecule has 3 aromatic rings. The van der Waals surface area contributed by atoms with Crippen LogP contribution in [-0.2, 0) is 48.3 Å². The van der Waals surface area contributed by atoms with Crippen molar-refractivity contribution >= 4 is 23.6 Å². The number of methoxy groups -OCH3 is 3. The smallest absolute Gasteiger partial charge is 0.246 e. The first kappa shape index (κ1) is 57.8. The topological polar surface area (TPSA) is 154 Å². The number of fused-ring (bicyclic) bond motifs is 10. The van der Waals surface area contributed by atoms with Crippen LogP contribution in [-0.4, -0.2) is 176 Å². The first-order valence-electron chi connectivity index (χ1n) is 24.8. The van der Waals surface area contributed by atoms with E-state index in [1.54, 1.807) is 26.2 Å². The average molecular weight is 1000 g/mol. The van der Waals surface area contributed by atoms with Crippen LogP contribution in [0, 0.1) is 0 Å². The number of rotatable bonds is 13. The van der Waals surface area contributed by atoms with Crippen LogP contribution in [0.3, 0.4) is 0 Å². The highest BCUT2D eigenvalue weighted by molar-refractivity contribution is 6.03. The number of carbonyl (C=O) groups excluding carboxylic acids is 4. The van der Waals surface area contributed by atoms with Gasteiger partial charge in [-0.15, -0.1) is 0 Å². The predicted octanol–water partition coefficient (Wildman–Crippen LogP) is 6.55. The van der Waals surface area contributed by atoms with E-state index in [0.29, 0.717) is 51.5 Å². The van der Waals surface area contributed by atoms with E-state index in [0.717, 1.165) is 92.7 Å². The molecule has 0 spiro atoms. The largest absolute Gasteiger partial charge is 0.496 e. The van der Waals surface area contributed by atoms with Gasteiger partial charge in [0, 0.05) is 35.8 Å². The van der Waals surface area contributed by atoms with Gasteiger partial charge in [0.2, 0.25) is 23.6 Å². The first-order chi connectivity index (χ1) is 33.5. The Morgan fingerprint density at radius 1 is 0.542 bits per heavy atom. The summed E-state index contributed by atoms with van der Waals surface area (Å²) in [4.78, 5) is 61.8. The average Bonchev–Trinajstić information content (AvgIpc) is 3.36. The minimum Gasteiger partial charge on any atom is -0.496 e. The fraction of sp³-hybridized carbons (Fsp3) is 0.607. The molecule has 6 bridgehead atoms. The van der Waals surface area contributed by atoms with Crippen LogP contribution in [0.15, 0.2) is 66.7 Å². The minimum absolute atomic E-state index is 0. The van der Waals surface area contributed by atoms with Crippen molar-refractivity contribution in [1.29, 1.82) is 0 Å². The van der Waals surface area contributed by atoms with Crippen molar-refractivity contribution in [1.82, 2.24) is 29.4 Å². The monoisotopic (exact) mass is 1000 g/mol. The summed E-state index contributed by atoms with van der Waals surface area (Å²) >= 11 is 0. The summed E-state index contributed by atoms with van der Waals surface area (Å²) < 4.78 is 27.5. The lowest BCUT2D eigenvalue weighted by atomic mass is 9.79. The number of ether oxygens (including phenoxy) is 5. The van der Waals surface area contributed by atoms with Crippen LogP contribution in [0.4, 0.5) is 0 Å². The van der Waals surface area contributed by atoms with Crippen LogP contribution >= 0.6 is 0 Å². The molecule has 0 aliphatic carbocycles. The third-order valence-electron chi connectivity index (χ3n) is 15.7. The number of hydrogen-bond acceptors (Lipinski definition) is 13. The molecule has 7 aliphatic heterocycles. The zero-order valence-corrected chi connectivity index (χ0v) is 41.3. The molecule has 7 aliphatic rings. The molecule has 4 amide bonds. The van der Waals surface area contributed by atoms with Gasteiger partial charge < -0.3 is 38.6 Å². The molecule has 16 nitrogen and oxygen atoms in total. The number of para-hydroxylation sites is 2. The molecule has 0 radical (unpaired) electrons. The fourth-order valence-electron chi connectivity index (χ4n) is 11.9. The van der Waals surface area contributed by atoms with Gasteiger partial charge in [0.1, 0.15) is 23.5 Å². The Kier molecular flexibility index (Phi) is 21.0. The number of aliphatic hydroxyl groups is 1. The van der Waals surface area contributed by atoms with Gasteiger partial charge >= 0.3 is 0 Å². The number of benzene rings is 3. The van der Waals surface area contributed by atoms with Gasteiger partial charge in [-0.25, -0.2) is 0 Å². The Bertz CT molecular complexity index is 2260. The summed E-state index contributed by atoms with van der Waals surface area (Å²) in [5.41, 5.74) is 4.52. The second-order valence-corrected chi connectivity index (χ2v) is 19.2. The number of likely N-dealkylation sites (N-methyl/N-ethyl adjacent to an activating group) is 3. The highest BCUT2D eigenvalue weighted by atomic mass is 16.5. The molecule has 8 atom stereocenters. The molecule has 3 aromatic carbocycles. The Balaban J connectivity index is 0.000000197. The first-order valence-corrected chi connectivity index (χ1v) is 24.8. The Morgan fingerprint density at radius 2 is 1.01 bits per heavy atom. The van der Waals surface area contributed by atoms with Gasteiger partial charge in [-0.05, 0) is 109 Å². The minimum atomic E-state index is -0.742. The lowest BCUT2D eigenvalue weighted by molar-refractivity contribution is -0.175. The normalized spacial score (nSPS) is 26.5. The second-order valence-electron chi connectivity index (χ2n) is 19.2. The number of nitrogens with zero attached hydrogens (tertiary/aromatic N) is 6. The molecule has 8 unspecified atom stereocenters. The Labute approximate surface area is 429 Å². The number of hydrogen-bond donors (Lipinski definition) is 1. The van der Waals surface area contributed by atoms with Crippen molar-refractivity contribution < 1.29 is 48.0 Å². The van der Waals surface area contributed by atoms with E-state index in [9.17, 15) is 24.3 Å². The van der Waals surface area contributed by atoms with E-state index in [1.807, 2.05) is 78.5 Å². The second kappa shape index (κ2) is 26.2. The van der Waals surface area contributed by atoms with E-state index in [1.165, 1.54) is 22.4 Å². The number of aliphatic hydroxyl groups excluding tert-OH is 1. The zero-order valence-electron chi connectivity index (χ0n) is 41.3. The molecule has 0 aromatic heterocycles. The molecule has 1 N–H and O–H groups in total. The van der Waals surface area contributed by atoms with E-state index in [2.05, 4.69) is 29.0 Å². The van der Waals surface area contributed by atoms with Gasteiger partial charge in [0.05, 0.1) is 90.6 Å². The zero-order chi connectivity index (χ0) is 48.8. The quantitative estimate of drug-likeness (QED) is 0.146. The lowest BCUT2D eigenvalue weighted by Gasteiger charge is -2.54.